The maximum absolute atomic E-state index is 13.0. The number of carbonyl (C=O) groups is 2. The van der Waals surface area contributed by atoms with Gasteiger partial charge in [-0.15, -0.1) is 0 Å². The van der Waals surface area contributed by atoms with Crippen LogP contribution in [0.3, 0.4) is 0 Å². The van der Waals surface area contributed by atoms with Gasteiger partial charge in [0.15, 0.2) is 6.61 Å². The molecule has 0 saturated heterocycles. The van der Waals surface area contributed by atoms with Crippen LogP contribution in [0.15, 0.2) is 30.3 Å². The highest BCUT2D eigenvalue weighted by molar-refractivity contribution is 5.83. The minimum Gasteiger partial charge on any atom is -0.455 e. The van der Waals surface area contributed by atoms with E-state index in [0.717, 1.165) is 44.1 Å². The Hall–Kier alpha value is -1.88. The largest absolute Gasteiger partial charge is 0.455 e. The van der Waals surface area contributed by atoms with E-state index < -0.39 is 11.0 Å². The first-order valence-electron chi connectivity index (χ1n) is 11.0. The van der Waals surface area contributed by atoms with E-state index >= 15 is 0 Å². The molecule has 1 amide bonds. The number of ether oxygens (including phenoxy) is 1. The molecule has 4 aliphatic carbocycles. The lowest BCUT2D eigenvalue weighted by Crippen LogP contribution is -2.58. The lowest BCUT2D eigenvalue weighted by Gasteiger charge is -2.58. The Bertz CT molecular complexity index is 745. The van der Waals surface area contributed by atoms with E-state index in [-0.39, 0.29) is 24.5 Å². The minimum atomic E-state index is -0.707. The first-order chi connectivity index (χ1) is 13.8. The van der Waals surface area contributed by atoms with Crippen LogP contribution in [0.1, 0.15) is 70.4 Å². The SMILES string of the molecule is CC(C)C[C@H](NC(=O)COC(=O)C12C[C@@H]3C[C@@H](CC(O)(C3)C1)C2)c1ccccc1. The van der Waals surface area contributed by atoms with Crippen LogP contribution in [-0.2, 0) is 14.3 Å². The average molecular weight is 400 g/mol. The average Bonchev–Trinajstić information content (AvgIpc) is 2.64. The summed E-state index contributed by atoms with van der Waals surface area (Å²) in [5, 5.41) is 13.9. The summed E-state index contributed by atoms with van der Waals surface area (Å²) in [6.45, 7) is 4.00. The van der Waals surface area contributed by atoms with E-state index in [1.165, 1.54) is 0 Å². The molecule has 4 saturated carbocycles. The fraction of sp³-hybridized carbons (Fsp3) is 0.667. The summed E-state index contributed by atoms with van der Waals surface area (Å²) >= 11 is 0. The maximum atomic E-state index is 13.0. The number of carbonyl (C=O) groups excluding carboxylic acids is 2. The Kier molecular flexibility index (Phi) is 5.45. The molecule has 1 aromatic carbocycles. The molecule has 5 rings (SSSR count). The van der Waals surface area contributed by atoms with Crippen molar-refractivity contribution < 1.29 is 19.4 Å². The fourth-order valence-electron chi connectivity index (χ4n) is 6.41. The van der Waals surface area contributed by atoms with E-state index in [4.69, 9.17) is 4.74 Å². The molecule has 4 fully saturated rings. The van der Waals surface area contributed by atoms with Gasteiger partial charge < -0.3 is 15.2 Å². The van der Waals surface area contributed by atoms with E-state index in [1.807, 2.05) is 30.3 Å². The molecular formula is C24H33NO4. The molecule has 5 nitrogen and oxygen atoms in total. The van der Waals surface area contributed by atoms with Crippen LogP contribution in [0.2, 0.25) is 0 Å². The van der Waals surface area contributed by atoms with Gasteiger partial charge in [-0.1, -0.05) is 44.2 Å². The summed E-state index contributed by atoms with van der Waals surface area (Å²) in [7, 11) is 0. The van der Waals surface area contributed by atoms with Crippen molar-refractivity contribution in [1.29, 1.82) is 0 Å². The predicted octanol–water partition coefficient (Wildman–Crippen LogP) is 3.76. The molecule has 2 N–H and O–H groups in total. The number of amides is 1. The molecule has 0 heterocycles. The first-order valence-corrected chi connectivity index (χ1v) is 11.0. The van der Waals surface area contributed by atoms with Gasteiger partial charge in [-0.3, -0.25) is 9.59 Å². The zero-order valence-corrected chi connectivity index (χ0v) is 17.5. The van der Waals surface area contributed by atoms with Crippen LogP contribution in [0, 0.1) is 23.2 Å². The Balaban J connectivity index is 1.36. The highest BCUT2D eigenvalue weighted by Gasteiger charge is 2.60. The van der Waals surface area contributed by atoms with Crippen molar-refractivity contribution in [2.75, 3.05) is 6.61 Å². The second kappa shape index (κ2) is 7.75. The fourth-order valence-corrected chi connectivity index (χ4v) is 6.41. The molecule has 4 aliphatic rings. The minimum absolute atomic E-state index is 0.0948. The topological polar surface area (TPSA) is 75.6 Å². The van der Waals surface area contributed by atoms with Crippen molar-refractivity contribution in [3.63, 3.8) is 0 Å². The molecule has 2 unspecified atom stereocenters. The van der Waals surface area contributed by atoms with Crippen LogP contribution >= 0.6 is 0 Å². The van der Waals surface area contributed by atoms with Crippen LogP contribution in [0.25, 0.3) is 0 Å². The van der Waals surface area contributed by atoms with Gasteiger partial charge in [0.2, 0.25) is 0 Å². The number of aliphatic hydroxyl groups is 1. The number of esters is 1. The number of benzene rings is 1. The second-order valence-corrected chi connectivity index (χ2v) is 10.2. The molecule has 5 atom stereocenters. The highest BCUT2D eigenvalue weighted by atomic mass is 16.5. The Morgan fingerprint density at radius 1 is 1.14 bits per heavy atom. The van der Waals surface area contributed by atoms with E-state index in [2.05, 4.69) is 19.2 Å². The smallest absolute Gasteiger partial charge is 0.312 e. The third-order valence-corrected chi connectivity index (χ3v) is 7.04. The van der Waals surface area contributed by atoms with E-state index in [9.17, 15) is 14.7 Å². The van der Waals surface area contributed by atoms with Crippen LogP contribution in [0.5, 0.6) is 0 Å². The van der Waals surface area contributed by atoms with Gasteiger partial charge in [-0.2, -0.15) is 0 Å². The molecule has 158 valence electrons. The predicted molar refractivity (Wildman–Crippen MR) is 110 cm³/mol. The van der Waals surface area contributed by atoms with Gasteiger partial charge in [0, 0.05) is 0 Å². The Labute approximate surface area is 173 Å². The number of hydrogen-bond donors (Lipinski definition) is 2. The third kappa shape index (κ3) is 4.35. The Morgan fingerprint density at radius 3 is 2.38 bits per heavy atom. The molecule has 0 spiro atoms. The monoisotopic (exact) mass is 399 g/mol. The first kappa shape index (κ1) is 20.4. The van der Waals surface area contributed by atoms with Gasteiger partial charge in [0.1, 0.15) is 0 Å². The van der Waals surface area contributed by atoms with Gasteiger partial charge in [0.05, 0.1) is 17.1 Å². The number of rotatable bonds is 7. The van der Waals surface area contributed by atoms with Gasteiger partial charge >= 0.3 is 5.97 Å². The molecular weight excluding hydrogens is 366 g/mol. The molecule has 5 heteroatoms. The van der Waals surface area contributed by atoms with Crippen molar-refractivity contribution in [2.45, 2.75) is 70.4 Å². The quantitative estimate of drug-likeness (QED) is 0.685. The number of hydrogen-bond acceptors (Lipinski definition) is 4. The molecule has 1 aromatic rings. The lowest BCUT2D eigenvalue weighted by molar-refractivity contribution is -0.196. The summed E-state index contributed by atoms with van der Waals surface area (Å²) in [6.07, 6.45) is 5.65. The maximum Gasteiger partial charge on any atom is 0.312 e. The normalized spacial score (nSPS) is 33.5. The van der Waals surface area contributed by atoms with Crippen molar-refractivity contribution in [1.82, 2.24) is 5.32 Å². The Morgan fingerprint density at radius 2 is 1.79 bits per heavy atom. The van der Waals surface area contributed by atoms with Crippen molar-refractivity contribution in [3.8, 4) is 0 Å². The van der Waals surface area contributed by atoms with Crippen molar-refractivity contribution >= 4 is 11.9 Å². The number of nitrogens with one attached hydrogen (secondary N) is 1. The van der Waals surface area contributed by atoms with Gasteiger partial charge in [0.25, 0.3) is 5.91 Å². The van der Waals surface area contributed by atoms with Crippen LogP contribution in [-0.4, -0.2) is 29.2 Å². The zero-order valence-electron chi connectivity index (χ0n) is 17.5. The summed E-state index contributed by atoms with van der Waals surface area (Å²) in [5.74, 6) is 0.694. The summed E-state index contributed by atoms with van der Waals surface area (Å²) in [4.78, 5) is 25.5. The van der Waals surface area contributed by atoms with Crippen LogP contribution < -0.4 is 5.32 Å². The molecule has 0 radical (unpaired) electrons. The molecule has 29 heavy (non-hydrogen) atoms. The molecule has 4 bridgehead atoms. The highest BCUT2D eigenvalue weighted by Crippen LogP contribution is 2.61. The zero-order chi connectivity index (χ0) is 20.6. The summed E-state index contributed by atoms with van der Waals surface area (Å²) in [6, 6.07) is 9.81. The van der Waals surface area contributed by atoms with Crippen molar-refractivity contribution in [2.24, 2.45) is 23.2 Å². The standard InChI is InChI=1S/C24H33NO4/c1-16(2)8-20(19-6-4-3-5-7-19)25-21(26)14-29-22(27)23-10-17-9-18(11-23)13-24(28,12-17)15-23/h3-7,16-18,20,28H,8-15H2,1-2H3,(H,25,26)/t17-,18+,20-,23?,24?/m0/s1. The molecule has 0 aromatic heterocycles. The van der Waals surface area contributed by atoms with E-state index in [1.54, 1.807) is 0 Å². The van der Waals surface area contributed by atoms with Gasteiger partial charge in [-0.25, -0.2) is 0 Å². The van der Waals surface area contributed by atoms with Crippen molar-refractivity contribution in [3.05, 3.63) is 35.9 Å². The molecule has 0 aliphatic heterocycles. The summed E-state index contributed by atoms with van der Waals surface area (Å²) < 4.78 is 5.51. The van der Waals surface area contributed by atoms with Crippen LogP contribution in [0.4, 0.5) is 0 Å². The summed E-state index contributed by atoms with van der Waals surface area (Å²) in [5.41, 5.74) is -0.235. The third-order valence-electron chi connectivity index (χ3n) is 7.04. The van der Waals surface area contributed by atoms with Gasteiger partial charge in [-0.05, 0) is 68.3 Å². The second-order valence-electron chi connectivity index (χ2n) is 10.2. The van der Waals surface area contributed by atoms with E-state index in [0.29, 0.717) is 24.2 Å². The lowest BCUT2D eigenvalue weighted by atomic mass is 9.48.